The molecule has 2 nitrogen and oxygen atoms in total. The van der Waals surface area contributed by atoms with Crippen LogP contribution in [0.4, 0.5) is 0 Å². The van der Waals surface area contributed by atoms with Crippen LogP contribution < -0.4 is 0 Å². The number of para-hydroxylation sites is 2. The molecule has 7 aromatic carbocycles. The highest BCUT2D eigenvalue weighted by Crippen LogP contribution is 2.48. The first-order valence-corrected chi connectivity index (χ1v) is 15.5. The normalized spacial score (nSPS) is 12.2. The Morgan fingerprint density at radius 3 is 1.98 bits per heavy atom. The lowest BCUT2D eigenvalue weighted by Gasteiger charge is -2.09. The summed E-state index contributed by atoms with van der Waals surface area (Å²) in [5, 5.41) is 10.5. The molecule has 0 spiro atoms. The zero-order chi connectivity index (χ0) is 28.1. The number of hydrogen-bond donors (Lipinski definition) is 1. The molecule has 3 heteroatoms. The van der Waals surface area contributed by atoms with Gasteiger partial charge in [-0.3, -0.25) is 0 Å². The molecule has 0 radical (unpaired) electrons. The van der Waals surface area contributed by atoms with E-state index in [2.05, 4.69) is 149 Å². The second-order valence-corrected chi connectivity index (χ2v) is 12.5. The van der Waals surface area contributed by atoms with Gasteiger partial charge in [0.1, 0.15) is 0 Å². The van der Waals surface area contributed by atoms with Gasteiger partial charge in [0.05, 0.1) is 16.6 Å². The SMILES string of the molecule is c1ccc(-c2ccc(-n3c4ccccc4c4cc5c(cc43)sc3c5c4ccccc4c4[nH]c5ccccc5c43)cc2)cc1. The molecule has 0 atom stereocenters. The van der Waals surface area contributed by atoms with Gasteiger partial charge in [-0.15, -0.1) is 11.3 Å². The predicted octanol–water partition coefficient (Wildman–Crippen LogP) is 11.6. The number of aromatic nitrogens is 2. The molecular formula is C40H24N2S. The Bertz CT molecular complexity index is 2710. The highest BCUT2D eigenvalue weighted by molar-refractivity contribution is 7.27. The van der Waals surface area contributed by atoms with E-state index >= 15 is 0 Å². The Morgan fingerprint density at radius 2 is 1.14 bits per heavy atom. The zero-order valence-corrected chi connectivity index (χ0v) is 24.0. The van der Waals surface area contributed by atoms with Crippen LogP contribution in [0.2, 0.25) is 0 Å². The minimum absolute atomic E-state index is 1.18. The van der Waals surface area contributed by atoms with Gasteiger partial charge in [0.15, 0.2) is 0 Å². The van der Waals surface area contributed by atoms with Crippen LogP contribution >= 0.6 is 11.3 Å². The largest absolute Gasteiger partial charge is 0.354 e. The van der Waals surface area contributed by atoms with E-state index in [9.17, 15) is 0 Å². The Kier molecular flexibility index (Phi) is 4.63. The van der Waals surface area contributed by atoms with Gasteiger partial charge in [0, 0.05) is 58.3 Å². The fraction of sp³-hybridized carbons (Fsp3) is 0. The van der Waals surface area contributed by atoms with Crippen molar-refractivity contribution >= 4 is 85.9 Å². The molecule has 0 bridgehead atoms. The van der Waals surface area contributed by atoms with Crippen LogP contribution in [0, 0.1) is 0 Å². The average molecular weight is 565 g/mol. The van der Waals surface area contributed by atoms with Crippen LogP contribution in [0.15, 0.2) is 140 Å². The number of aromatic amines is 1. The molecule has 0 fully saturated rings. The van der Waals surface area contributed by atoms with Gasteiger partial charge in [0.2, 0.25) is 0 Å². The van der Waals surface area contributed by atoms with E-state index in [1.165, 1.54) is 91.4 Å². The summed E-state index contributed by atoms with van der Waals surface area (Å²) in [6.45, 7) is 0. The average Bonchev–Trinajstić information content (AvgIpc) is 3.74. The summed E-state index contributed by atoms with van der Waals surface area (Å²) in [7, 11) is 0. The molecule has 3 heterocycles. The van der Waals surface area contributed by atoms with Crippen LogP contribution in [-0.4, -0.2) is 9.55 Å². The first-order valence-electron chi connectivity index (χ1n) is 14.7. The number of fused-ring (bicyclic) bond motifs is 13. The Hall–Kier alpha value is -5.38. The number of thiophene rings is 1. The van der Waals surface area contributed by atoms with Crippen molar-refractivity contribution in [2.45, 2.75) is 0 Å². The molecule has 0 saturated carbocycles. The topological polar surface area (TPSA) is 20.7 Å². The van der Waals surface area contributed by atoms with Crippen molar-refractivity contribution in [3.8, 4) is 16.8 Å². The minimum atomic E-state index is 1.18. The highest BCUT2D eigenvalue weighted by Gasteiger charge is 2.20. The molecule has 0 unspecified atom stereocenters. The van der Waals surface area contributed by atoms with Gasteiger partial charge in [-0.05, 0) is 52.9 Å². The van der Waals surface area contributed by atoms with Crippen molar-refractivity contribution in [3.05, 3.63) is 140 Å². The summed E-state index contributed by atoms with van der Waals surface area (Å²) in [5.74, 6) is 0. The number of nitrogens with one attached hydrogen (secondary N) is 1. The van der Waals surface area contributed by atoms with E-state index < -0.39 is 0 Å². The number of nitrogens with zero attached hydrogens (tertiary/aromatic N) is 1. The summed E-state index contributed by atoms with van der Waals surface area (Å²) >= 11 is 1.92. The van der Waals surface area contributed by atoms with Crippen LogP contribution in [0.3, 0.4) is 0 Å². The third-order valence-corrected chi connectivity index (χ3v) is 10.3. The molecule has 10 rings (SSSR count). The van der Waals surface area contributed by atoms with Crippen LogP contribution in [0.5, 0.6) is 0 Å². The maximum Gasteiger partial charge on any atom is 0.0559 e. The summed E-state index contributed by atoms with van der Waals surface area (Å²) < 4.78 is 5.11. The zero-order valence-electron chi connectivity index (χ0n) is 23.1. The van der Waals surface area contributed by atoms with Crippen LogP contribution in [-0.2, 0) is 0 Å². The van der Waals surface area contributed by atoms with Crippen molar-refractivity contribution in [1.29, 1.82) is 0 Å². The van der Waals surface area contributed by atoms with Gasteiger partial charge in [-0.1, -0.05) is 103 Å². The van der Waals surface area contributed by atoms with Crippen LogP contribution in [0.25, 0.3) is 91.4 Å². The smallest absolute Gasteiger partial charge is 0.0559 e. The second kappa shape index (κ2) is 8.57. The first-order chi connectivity index (χ1) is 21.3. The monoisotopic (exact) mass is 564 g/mol. The van der Waals surface area contributed by atoms with Gasteiger partial charge >= 0.3 is 0 Å². The van der Waals surface area contributed by atoms with E-state index in [1.54, 1.807) is 0 Å². The Morgan fingerprint density at radius 1 is 0.465 bits per heavy atom. The molecule has 10 aromatic rings. The molecule has 1 N–H and O–H groups in total. The molecule has 0 aliphatic rings. The fourth-order valence-electron chi connectivity index (χ4n) is 7.21. The number of benzene rings is 7. The van der Waals surface area contributed by atoms with Crippen molar-refractivity contribution in [2.75, 3.05) is 0 Å². The molecule has 0 aliphatic carbocycles. The van der Waals surface area contributed by atoms with Gasteiger partial charge in [-0.25, -0.2) is 0 Å². The standard InChI is InChI=1S/C40H24N2S/c1-2-10-24(11-3-1)25-18-20-26(21-19-25)42-34-17-9-7-12-27(34)31-22-32-36(23-35(31)42)43-40-37(32)28-13-4-5-14-29(28)39-38(40)30-15-6-8-16-33(30)41-39/h1-23,41H. The molecule has 0 saturated heterocycles. The lowest BCUT2D eigenvalue weighted by molar-refractivity contribution is 1.18. The van der Waals surface area contributed by atoms with Crippen LogP contribution in [0.1, 0.15) is 0 Å². The van der Waals surface area contributed by atoms with E-state index in [0.29, 0.717) is 0 Å². The minimum Gasteiger partial charge on any atom is -0.354 e. The Balaban J connectivity index is 1.32. The molecular weight excluding hydrogens is 541 g/mol. The second-order valence-electron chi connectivity index (χ2n) is 11.4. The van der Waals surface area contributed by atoms with Crippen molar-refractivity contribution in [1.82, 2.24) is 9.55 Å². The van der Waals surface area contributed by atoms with E-state index in [0.717, 1.165) is 0 Å². The van der Waals surface area contributed by atoms with E-state index in [4.69, 9.17) is 0 Å². The fourth-order valence-corrected chi connectivity index (χ4v) is 8.51. The van der Waals surface area contributed by atoms with E-state index in [-0.39, 0.29) is 0 Å². The lowest BCUT2D eigenvalue weighted by atomic mass is 9.99. The third-order valence-electron chi connectivity index (χ3n) is 9.11. The molecule has 43 heavy (non-hydrogen) atoms. The number of rotatable bonds is 2. The first kappa shape index (κ1) is 23.2. The van der Waals surface area contributed by atoms with Crippen molar-refractivity contribution in [3.63, 3.8) is 0 Å². The maximum absolute atomic E-state index is 3.76. The Labute approximate surface area is 251 Å². The number of H-pyrrole nitrogens is 1. The summed E-state index contributed by atoms with van der Waals surface area (Å²) in [5.41, 5.74) is 8.53. The summed E-state index contributed by atoms with van der Waals surface area (Å²) in [6.07, 6.45) is 0. The quantitative estimate of drug-likeness (QED) is 0.216. The maximum atomic E-state index is 3.76. The van der Waals surface area contributed by atoms with Gasteiger partial charge < -0.3 is 9.55 Å². The highest BCUT2D eigenvalue weighted by atomic mass is 32.1. The van der Waals surface area contributed by atoms with Gasteiger partial charge in [0.25, 0.3) is 0 Å². The lowest BCUT2D eigenvalue weighted by Crippen LogP contribution is -1.93. The molecule has 200 valence electrons. The molecule has 3 aromatic heterocycles. The van der Waals surface area contributed by atoms with Gasteiger partial charge in [-0.2, -0.15) is 0 Å². The van der Waals surface area contributed by atoms with E-state index in [1.807, 2.05) is 11.3 Å². The summed E-state index contributed by atoms with van der Waals surface area (Å²) in [6, 6.07) is 50.9. The van der Waals surface area contributed by atoms with Crippen molar-refractivity contribution in [2.24, 2.45) is 0 Å². The predicted molar refractivity (Wildman–Crippen MR) is 186 cm³/mol. The number of hydrogen-bond acceptors (Lipinski definition) is 1. The molecule has 0 aliphatic heterocycles. The summed E-state index contributed by atoms with van der Waals surface area (Å²) in [4.78, 5) is 3.76. The molecule has 0 amide bonds. The third kappa shape index (κ3) is 3.17. The van der Waals surface area contributed by atoms with Crippen molar-refractivity contribution < 1.29 is 0 Å².